The van der Waals surface area contributed by atoms with Crippen molar-refractivity contribution < 1.29 is 13.9 Å². The number of rotatable bonds is 6. The van der Waals surface area contributed by atoms with Crippen LogP contribution in [0.15, 0.2) is 48.5 Å². The third kappa shape index (κ3) is 4.01. The molecule has 25 heavy (non-hydrogen) atoms. The van der Waals surface area contributed by atoms with Gasteiger partial charge in [-0.25, -0.2) is 4.39 Å². The Labute approximate surface area is 149 Å². The first-order chi connectivity index (χ1) is 11.7. The van der Waals surface area contributed by atoms with E-state index in [9.17, 15) is 9.18 Å². The highest BCUT2D eigenvalue weighted by Crippen LogP contribution is 2.32. The fourth-order valence-corrected chi connectivity index (χ4v) is 2.91. The van der Waals surface area contributed by atoms with E-state index in [0.29, 0.717) is 17.9 Å². The number of carbonyl (C=O) groups excluding carboxylic acids is 1. The molecule has 0 bridgehead atoms. The quantitative estimate of drug-likeness (QED) is 0.853. The Balaban J connectivity index is 2.17. The van der Waals surface area contributed by atoms with E-state index in [1.54, 1.807) is 25.3 Å². The lowest BCUT2D eigenvalue weighted by Crippen LogP contribution is -2.45. The summed E-state index contributed by atoms with van der Waals surface area (Å²) in [7, 11) is 1.59. The van der Waals surface area contributed by atoms with E-state index in [4.69, 9.17) is 4.74 Å². The second-order valence-electron chi connectivity index (χ2n) is 7.37. The summed E-state index contributed by atoms with van der Waals surface area (Å²) in [6, 6.07) is 14.2. The number of benzene rings is 2. The zero-order chi connectivity index (χ0) is 18.7. The Morgan fingerprint density at radius 1 is 1.00 bits per heavy atom. The minimum absolute atomic E-state index is 0.124. The number of hydrogen-bond acceptors (Lipinski definition) is 2. The van der Waals surface area contributed by atoms with Crippen LogP contribution in [0, 0.1) is 5.82 Å². The Hall–Kier alpha value is -2.36. The molecule has 0 atom stereocenters. The molecule has 0 aliphatic carbocycles. The molecular weight excluding hydrogens is 317 g/mol. The van der Waals surface area contributed by atoms with E-state index < -0.39 is 10.8 Å². The van der Waals surface area contributed by atoms with Crippen LogP contribution in [0.5, 0.6) is 5.75 Å². The van der Waals surface area contributed by atoms with Crippen molar-refractivity contribution in [2.45, 2.75) is 38.5 Å². The molecule has 2 rings (SSSR count). The maximum atomic E-state index is 14.1. The van der Waals surface area contributed by atoms with Crippen molar-refractivity contribution in [3.63, 3.8) is 0 Å². The maximum Gasteiger partial charge on any atom is 0.230 e. The van der Waals surface area contributed by atoms with E-state index in [1.165, 1.54) is 6.07 Å². The Morgan fingerprint density at radius 2 is 1.56 bits per heavy atom. The molecule has 1 amide bonds. The second-order valence-corrected chi connectivity index (χ2v) is 7.37. The number of nitrogens with one attached hydrogen (secondary N) is 1. The summed E-state index contributed by atoms with van der Waals surface area (Å²) in [6.07, 6.45) is 0. The molecule has 0 aromatic heterocycles. The number of ether oxygens (including phenoxy) is 1. The monoisotopic (exact) mass is 343 g/mol. The molecule has 0 radical (unpaired) electrons. The fourth-order valence-electron chi connectivity index (χ4n) is 2.91. The number of halogens is 1. The molecule has 0 saturated heterocycles. The van der Waals surface area contributed by atoms with Crippen LogP contribution >= 0.6 is 0 Å². The van der Waals surface area contributed by atoms with E-state index in [2.05, 4.69) is 5.32 Å². The number of para-hydroxylation sites is 1. The SMILES string of the molecule is COc1ccccc1C(C)(C)C(=O)NCC(C)(C)c1ccccc1F. The van der Waals surface area contributed by atoms with E-state index >= 15 is 0 Å². The van der Waals surface area contributed by atoms with Gasteiger partial charge in [-0.1, -0.05) is 50.2 Å². The van der Waals surface area contributed by atoms with Crippen LogP contribution in [0.4, 0.5) is 4.39 Å². The van der Waals surface area contributed by atoms with Crippen LogP contribution in [0.25, 0.3) is 0 Å². The molecule has 0 aliphatic heterocycles. The second kappa shape index (κ2) is 7.26. The zero-order valence-corrected chi connectivity index (χ0v) is 15.5. The summed E-state index contributed by atoms with van der Waals surface area (Å²) >= 11 is 0. The van der Waals surface area contributed by atoms with Crippen LogP contribution in [0.2, 0.25) is 0 Å². The van der Waals surface area contributed by atoms with E-state index in [-0.39, 0.29) is 11.7 Å². The van der Waals surface area contributed by atoms with Crippen molar-refractivity contribution in [2.75, 3.05) is 13.7 Å². The lowest BCUT2D eigenvalue weighted by atomic mass is 9.81. The first kappa shape index (κ1) is 19.0. The van der Waals surface area contributed by atoms with Gasteiger partial charge in [0.25, 0.3) is 0 Å². The molecule has 0 unspecified atom stereocenters. The molecular formula is C21H26FNO2. The molecule has 0 aliphatic rings. The Bertz CT molecular complexity index is 753. The summed E-state index contributed by atoms with van der Waals surface area (Å²) in [5.74, 6) is 0.295. The topological polar surface area (TPSA) is 38.3 Å². The van der Waals surface area contributed by atoms with Crippen molar-refractivity contribution >= 4 is 5.91 Å². The van der Waals surface area contributed by atoms with Crippen molar-refractivity contribution in [1.82, 2.24) is 5.32 Å². The number of amides is 1. The molecule has 1 N–H and O–H groups in total. The van der Waals surface area contributed by atoms with Crippen molar-refractivity contribution in [2.24, 2.45) is 0 Å². The van der Waals surface area contributed by atoms with Crippen molar-refractivity contribution in [3.8, 4) is 5.75 Å². The number of carbonyl (C=O) groups is 1. The minimum atomic E-state index is -0.766. The molecule has 134 valence electrons. The molecule has 4 heteroatoms. The molecule has 0 saturated carbocycles. The predicted molar refractivity (Wildman–Crippen MR) is 98.5 cm³/mol. The molecule has 0 fully saturated rings. The molecule has 0 spiro atoms. The van der Waals surface area contributed by atoms with Gasteiger partial charge in [0.05, 0.1) is 12.5 Å². The van der Waals surface area contributed by atoms with Gasteiger partial charge in [-0.2, -0.15) is 0 Å². The largest absolute Gasteiger partial charge is 0.496 e. The number of hydrogen-bond donors (Lipinski definition) is 1. The van der Waals surface area contributed by atoms with Crippen molar-refractivity contribution in [3.05, 3.63) is 65.5 Å². The van der Waals surface area contributed by atoms with Gasteiger partial charge >= 0.3 is 0 Å². The summed E-state index contributed by atoms with van der Waals surface area (Å²) in [5.41, 5.74) is 0.125. The van der Waals surface area contributed by atoms with Gasteiger partial charge < -0.3 is 10.1 Å². The first-order valence-corrected chi connectivity index (χ1v) is 8.37. The predicted octanol–water partition coefficient (Wildman–Crippen LogP) is 4.21. The third-order valence-corrected chi connectivity index (χ3v) is 4.64. The third-order valence-electron chi connectivity index (χ3n) is 4.64. The molecule has 2 aromatic rings. The van der Waals surface area contributed by atoms with E-state index in [1.807, 2.05) is 52.0 Å². The lowest BCUT2D eigenvalue weighted by molar-refractivity contribution is -0.125. The molecule has 3 nitrogen and oxygen atoms in total. The van der Waals surface area contributed by atoms with Gasteiger partial charge in [-0.15, -0.1) is 0 Å². The summed E-state index contributed by atoms with van der Waals surface area (Å²) < 4.78 is 19.5. The van der Waals surface area contributed by atoms with Gasteiger partial charge in [0.1, 0.15) is 11.6 Å². The van der Waals surface area contributed by atoms with Crippen molar-refractivity contribution in [1.29, 1.82) is 0 Å². The zero-order valence-electron chi connectivity index (χ0n) is 15.5. The first-order valence-electron chi connectivity index (χ1n) is 8.37. The number of methoxy groups -OCH3 is 1. The summed E-state index contributed by atoms with van der Waals surface area (Å²) in [5, 5.41) is 2.98. The Kier molecular flexibility index (Phi) is 5.51. The molecule has 0 heterocycles. The summed E-state index contributed by atoms with van der Waals surface area (Å²) in [6.45, 7) is 7.89. The Morgan fingerprint density at radius 3 is 2.16 bits per heavy atom. The minimum Gasteiger partial charge on any atom is -0.496 e. The van der Waals surface area contributed by atoms with Gasteiger partial charge in [0.2, 0.25) is 5.91 Å². The molecule has 2 aromatic carbocycles. The van der Waals surface area contributed by atoms with Crippen LogP contribution in [-0.2, 0) is 15.6 Å². The smallest absolute Gasteiger partial charge is 0.230 e. The van der Waals surface area contributed by atoms with E-state index in [0.717, 1.165) is 5.56 Å². The summed E-state index contributed by atoms with van der Waals surface area (Å²) in [4.78, 5) is 12.8. The average Bonchev–Trinajstić information content (AvgIpc) is 2.59. The highest BCUT2D eigenvalue weighted by atomic mass is 19.1. The van der Waals surface area contributed by atoms with Crippen LogP contribution < -0.4 is 10.1 Å². The maximum absolute atomic E-state index is 14.1. The standard InChI is InChI=1S/C21H26FNO2/c1-20(2,15-10-6-8-12-17(15)22)14-23-19(24)21(3,4)16-11-7-9-13-18(16)25-5/h6-13H,14H2,1-5H3,(H,23,24). The fraction of sp³-hybridized carbons (Fsp3) is 0.381. The normalized spacial score (nSPS) is 11.9. The van der Waals surface area contributed by atoms with Gasteiger partial charge in [-0.05, 0) is 31.5 Å². The highest BCUT2D eigenvalue weighted by Gasteiger charge is 2.34. The highest BCUT2D eigenvalue weighted by molar-refractivity contribution is 5.88. The van der Waals surface area contributed by atoms with Crippen LogP contribution in [-0.4, -0.2) is 19.6 Å². The van der Waals surface area contributed by atoms with Crippen LogP contribution in [0.1, 0.15) is 38.8 Å². The lowest BCUT2D eigenvalue weighted by Gasteiger charge is -2.30. The van der Waals surface area contributed by atoms with Gasteiger partial charge in [0, 0.05) is 17.5 Å². The van der Waals surface area contributed by atoms with Gasteiger partial charge in [-0.3, -0.25) is 4.79 Å². The average molecular weight is 343 g/mol. The van der Waals surface area contributed by atoms with Crippen LogP contribution in [0.3, 0.4) is 0 Å². The van der Waals surface area contributed by atoms with Gasteiger partial charge in [0.15, 0.2) is 0 Å².